The van der Waals surface area contributed by atoms with Crippen molar-refractivity contribution >= 4 is 40.7 Å². The number of nitrogens with zero attached hydrogens (tertiary/aromatic N) is 4. The van der Waals surface area contributed by atoms with E-state index in [1.807, 2.05) is 36.4 Å². The Morgan fingerprint density at radius 1 is 1.06 bits per heavy atom. The summed E-state index contributed by atoms with van der Waals surface area (Å²) in [5, 5.41) is 13.7. The van der Waals surface area contributed by atoms with Crippen molar-refractivity contribution in [2.45, 2.75) is 44.9 Å². The van der Waals surface area contributed by atoms with Crippen LogP contribution in [0.4, 0.5) is 13.6 Å². The van der Waals surface area contributed by atoms with E-state index in [-0.39, 0.29) is 56.1 Å². The van der Waals surface area contributed by atoms with Gasteiger partial charge in [-0.1, -0.05) is 59.6 Å². The van der Waals surface area contributed by atoms with Crippen molar-refractivity contribution in [1.82, 2.24) is 35.1 Å². The number of rotatable bonds is 13. The predicted octanol–water partition coefficient (Wildman–Crippen LogP) is 5.99. The second-order valence-corrected chi connectivity index (χ2v) is 12.9. The molecule has 0 saturated carbocycles. The molecule has 0 aliphatic carbocycles. The van der Waals surface area contributed by atoms with Gasteiger partial charge in [-0.3, -0.25) is 14.2 Å². The van der Waals surface area contributed by atoms with Crippen molar-refractivity contribution in [3.8, 4) is 39.4 Å². The van der Waals surface area contributed by atoms with Gasteiger partial charge in [0.15, 0.2) is 0 Å². The van der Waals surface area contributed by atoms with Gasteiger partial charge in [0.25, 0.3) is 5.56 Å². The van der Waals surface area contributed by atoms with Crippen LogP contribution in [-0.4, -0.2) is 63.8 Å². The van der Waals surface area contributed by atoms with E-state index in [0.29, 0.717) is 73.3 Å². The van der Waals surface area contributed by atoms with Crippen LogP contribution in [0.25, 0.3) is 39.0 Å². The highest BCUT2D eigenvalue weighted by Crippen LogP contribution is 2.42. The highest BCUT2D eigenvalue weighted by atomic mass is 35.5. The first-order valence-electron chi connectivity index (χ1n) is 16.4. The second kappa shape index (κ2) is 16.1. The Balaban J connectivity index is 1.22. The number of nitrogens with one attached hydrogen (secondary N) is 3. The standard InChI is InChI=1S/C36H35Cl2F2N7O5/c1-46-30(17-41-14-13-29(39)40)45-47-18-21(15-28(47)35(46)49)23-5-3-6-24(32(23)37)25-7-4-8-26(33(25)38)27-11-9-20(34(44-27)51-2)19-52-36(50)42-16-22-10-12-31(48)43-22/h3-9,11,15,18,22,29,41H,10,12-14,16-17,19H2,1-2H3,(H,42,50)(H,43,48). The van der Waals surface area contributed by atoms with Gasteiger partial charge in [0.1, 0.15) is 17.9 Å². The van der Waals surface area contributed by atoms with Gasteiger partial charge >= 0.3 is 6.09 Å². The maximum atomic E-state index is 13.2. The van der Waals surface area contributed by atoms with Gasteiger partial charge in [-0.05, 0) is 24.6 Å². The molecule has 12 nitrogen and oxygen atoms in total. The SMILES string of the molecule is COc1nc(-c2cccc(-c3cccc(-c4cc5c(=O)n(C)c(CNCCC(F)F)nn5c4)c3Cl)c2Cl)ccc1COC(=O)NCC1CCC(=O)N1. The van der Waals surface area contributed by atoms with Gasteiger partial charge in [-0.25, -0.2) is 23.1 Å². The lowest BCUT2D eigenvalue weighted by Gasteiger charge is -2.15. The summed E-state index contributed by atoms with van der Waals surface area (Å²) in [6.45, 7) is 0.410. The summed E-state index contributed by atoms with van der Waals surface area (Å²) in [5.74, 6) is 0.605. The molecule has 3 N–H and O–H groups in total. The van der Waals surface area contributed by atoms with E-state index >= 15 is 0 Å². The first kappa shape index (κ1) is 36.7. The van der Waals surface area contributed by atoms with Gasteiger partial charge in [0.2, 0.25) is 18.2 Å². The summed E-state index contributed by atoms with van der Waals surface area (Å²) < 4.78 is 38.8. The molecule has 1 saturated heterocycles. The Kier molecular flexibility index (Phi) is 11.4. The molecule has 3 aromatic heterocycles. The monoisotopic (exact) mass is 753 g/mol. The molecule has 52 heavy (non-hydrogen) atoms. The quantitative estimate of drug-likeness (QED) is 0.125. The summed E-state index contributed by atoms with van der Waals surface area (Å²) in [7, 11) is 3.05. The molecule has 2 aromatic carbocycles. The Morgan fingerprint density at radius 3 is 2.46 bits per heavy atom. The number of hydrogen-bond donors (Lipinski definition) is 3. The van der Waals surface area contributed by atoms with E-state index in [9.17, 15) is 23.2 Å². The number of aromatic nitrogens is 4. The van der Waals surface area contributed by atoms with Crippen molar-refractivity contribution in [2.24, 2.45) is 7.05 Å². The minimum atomic E-state index is -2.42. The lowest BCUT2D eigenvalue weighted by Crippen LogP contribution is -2.38. The fraction of sp³-hybridized carbons (Fsp3) is 0.306. The van der Waals surface area contributed by atoms with Crippen molar-refractivity contribution in [1.29, 1.82) is 0 Å². The zero-order valence-electron chi connectivity index (χ0n) is 28.2. The lowest BCUT2D eigenvalue weighted by molar-refractivity contribution is -0.119. The Bertz CT molecular complexity index is 2190. The predicted molar refractivity (Wildman–Crippen MR) is 193 cm³/mol. The molecule has 5 aromatic rings. The molecular formula is C36H35Cl2F2N7O5. The average molecular weight is 755 g/mol. The molecule has 16 heteroatoms. The molecular weight excluding hydrogens is 719 g/mol. The molecule has 1 aliphatic heterocycles. The topological polar surface area (TPSA) is 141 Å². The molecule has 1 unspecified atom stereocenters. The van der Waals surface area contributed by atoms with Crippen molar-refractivity contribution in [2.75, 3.05) is 20.2 Å². The number of halogens is 4. The number of amides is 2. The highest BCUT2D eigenvalue weighted by molar-refractivity contribution is 6.39. The third kappa shape index (κ3) is 8.04. The second-order valence-electron chi connectivity index (χ2n) is 12.2. The van der Waals surface area contributed by atoms with Crippen molar-refractivity contribution < 1.29 is 27.8 Å². The van der Waals surface area contributed by atoms with Crippen LogP contribution in [0.5, 0.6) is 5.88 Å². The molecule has 1 fully saturated rings. The fourth-order valence-electron chi connectivity index (χ4n) is 5.93. The van der Waals surface area contributed by atoms with Crippen LogP contribution in [0.3, 0.4) is 0 Å². The summed E-state index contributed by atoms with van der Waals surface area (Å²) in [5.41, 5.74) is 4.27. The van der Waals surface area contributed by atoms with Crippen molar-refractivity contribution in [3.63, 3.8) is 0 Å². The van der Waals surface area contributed by atoms with Crippen LogP contribution >= 0.6 is 23.2 Å². The number of benzene rings is 2. The number of alkyl halides is 2. The first-order chi connectivity index (χ1) is 25.0. The van der Waals surface area contributed by atoms with Gasteiger partial charge in [0.05, 0.1) is 35.0 Å². The number of carbonyl (C=O) groups excluding carboxylic acids is 2. The number of alkyl carbamates (subject to hydrolysis) is 1. The van der Waals surface area contributed by atoms with Crippen LogP contribution in [-0.2, 0) is 29.7 Å². The van der Waals surface area contributed by atoms with Gasteiger partial charge < -0.3 is 25.4 Å². The molecule has 0 spiro atoms. The molecule has 0 radical (unpaired) electrons. The summed E-state index contributed by atoms with van der Waals surface area (Å²) >= 11 is 14.1. The number of pyridine rings is 1. The smallest absolute Gasteiger partial charge is 0.407 e. The van der Waals surface area contributed by atoms with E-state index in [4.69, 9.17) is 32.7 Å². The van der Waals surface area contributed by atoms with E-state index in [2.05, 4.69) is 26.0 Å². The maximum absolute atomic E-state index is 13.2. The Morgan fingerprint density at radius 2 is 1.77 bits per heavy atom. The lowest BCUT2D eigenvalue weighted by atomic mass is 9.97. The molecule has 1 aliphatic rings. The van der Waals surface area contributed by atoms with Gasteiger partial charge in [-0.2, -0.15) is 5.10 Å². The van der Waals surface area contributed by atoms with Crippen LogP contribution < -0.4 is 26.2 Å². The zero-order chi connectivity index (χ0) is 36.9. The number of methoxy groups -OCH3 is 1. The minimum Gasteiger partial charge on any atom is -0.481 e. The van der Waals surface area contributed by atoms with Crippen LogP contribution in [0.15, 0.2) is 65.6 Å². The minimum absolute atomic E-state index is 0.0366. The Hall–Kier alpha value is -5.05. The molecule has 6 rings (SSSR count). The van der Waals surface area contributed by atoms with Crippen LogP contribution in [0.2, 0.25) is 10.0 Å². The molecule has 0 bridgehead atoms. The molecule has 1 atom stereocenters. The van der Waals surface area contributed by atoms with E-state index in [0.717, 1.165) is 0 Å². The molecule has 272 valence electrons. The van der Waals surface area contributed by atoms with Gasteiger partial charge in [0, 0.05) is 73.0 Å². The van der Waals surface area contributed by atoms with Crippen molar-refractivity contribution in [3.05, 3.63) is 92.6 Å². The van der Waals surface area contributed by atoms with E-state index in [1.54, 1.807) is 31.4 Å². The normalized spacial score (nSPS) is 14.2. The summed E-state index contributed by atoms with van der Waals surface area (Å²) in [6, 6.07) is 16.1. The maximum Gasteiger partial charge on any atom is 0.407 e. The average Bonchev–Trinajstić information content (AvgIpc) is 3.76. The molecule has 4 heterocycles. The largest absolute Gasteiger partial charge is 0.481 e. The number of carbonyl (C=O) groups is 2. The third-order valence-electron chi connectivity index (χ3n) is 8.70. The van der Waals surface area contributed by atoms with E-state index < -0.39 is 12.5 Å². The number of fused-ring (bicyclic) bond motifs is 1. The summed E-state index contributed by atoms with van der Waals surface area (Å²) in [6.07, 6.45) is -0.560. The molecule has 2 amide bonds. The number of hydrogen-bond acceptors (Lipinski definition) is 8. The van der Waals surface area contributed by atoms with Crippen LogP contribution in [0.1, 0.15) is 30.7 Å². The van der Waals surface area contributed by atoms with Gasteiger partial charge in [-0.15, -0.1) is 0 Å². The number of ether oxygens (including phenoxy) is 2. The Labute approximate surface area is 307 Å². The highest BCUT2D eigenvalue weighted by Gasteiger charge is 2.22. The summed E-state index contributed by atoms with van der Waals surface area (Å²) in [4.78, 5) is 41.5. The first-order valence-corrected chi connectivity index (χ1v) is 17.2. The fourth-order valence-corrected chi connectivity index (χ4v) is 6.59. The van der Waals surface area contributed by atoms with E-state index in [1.165, 1.54) is 16.2 Å². The zero-order valence-corrected chi connectivity index (χ0v) is 29.7. The third-order valence-corrected chi connectivity index (χ3v) is 9.51. The van der Waals surface area contributed by atoms with Crippen LogP contribution in [0, 0.1) is 0 Å².